The lowest BCUT2D eigenvalue weighted by Crippen LogP contribution is -2.32. The molecule has 1 aromatic heterocycles. The second kappa shape index (κ2) is 7.46. The van der Waals surface area contributed by atoms with E-state index in [1.165, 1.54) is 7.05 Å². The van der Waals surface area contributed by atoms with Crippen LogP contribution in [-0.4, -0.2) is 47.3 Å². The van der Waals surface area contributed by atoms with Gasteiger partial charge in [0.25, 0.3) is 18.0 Å². The van der Waals surface area contributed by atoms with Gasteiger partial charge in [0, 0.05) is 19.7 Å². The number of alkyl halides is 2. The van der Waals surface area contributed by atoms with Crippen LogP contribution in [0.5, 0.6) is 0 Å². The number of halogens is 2. The molecule has 0 radical (unpaired) electrons. The van der Waals surface area contributed by atoms with E-state index in [1.807, 2.05) is 6.92 Å². The second-order valence-corrected chi connectivity index (χ2v) is 4.35. The lowest BCUT2D eigenvalue weighted by atomic mass is 10.2. The van der Waals surface area contributed by atoms with Gasteiger partial charge in [0.1, 0.15) is 12.0 Å². The van der Waals surface area contributed by atoms with Crippen molar-refractivity contribution in [2.45, 2.75) is 19.8 Å². The molecule has 0 bridgehead atoms. The molecule has 21 heavy (non-hydrogen) atoms. The third-order valence-corrected chi connectivity index (χ3v) is 2.62. The van der Waals surface area contributed by atoms with E-state index in [2.05, 4.69) is 10.3 Å². The van der Waals surface area contributed by atoms with Crippen LogP contribution in [0.1, 0.15) is 23.7 Å². The molecule has 0 unspecified atom stereocenters. The minimum Gasteiger partial charge on any atom is -0.369 e. The zero-order valence-electron chi connectivity index (χ0n) is 11.7. The van der Waals surface area contributed by atoms with Crippen LogP contribution in [0, 0.1) is 10.1 Å². The normalized spacial score (nSPS) is 10.5. The van der Waals surface area contributed by atoms with Gasteiger partial charge in [-0.05, 0) is 6.42 Å². The van der Waals surface area contributed by atoms with Crippen molar-refractivity contribution >= 4 is 17.4 Å². The van der Waals surface area contributed by atoms with Crippen molar-refractivity contribution in [2.24, 2.45) is 0 Å². The average molecular weight is 302 g/mol. The molecule has 9 heteroatoms. The van der Waals surface area contributed by atoms with E-state index >= 15 is 0 Å². The SMILES string of the molecule is CCCNc1ncc([N+](=O)[O-])cc1C(=O)N(C)CC(F)F. The highest BCUT2D eigenvalue weighted by Crippen LogP contribution is 2.21. The van der Waals surface area contributed by atoms with E-state index in [0.29, 0.717) is 6.54 Å². The van der Waals surface area contributed by atoms with Gasteiger partial charge in [0.15, 0.2) is 0 Å². The van der Waals surface area contributed by atoms with E-state index in [1.54, 1.807) is 0 Å². The smallest absolute Gasteiger partial charge is 0.288 e. The Morgan fingerprint density at radius 3 is 2.76 bits per heavy atom. The number of carbonyl (C=O) groups is 1. The minimum atomic E-state index is -2.68. The summed E-state index contributed by atoms with van der Waals surface area (Å²) in [5.74, 6) is -0.598. The number of nitrogens with zero attached hydrogens (tertiary/aromatic N) is 3. The molecule has 0 aliphatic rings. The minimum absolute atomic E-state index is 0.0965. The lowest BCUT2D eigenvalue weighted by molar-refractivity contribution is -0.385. The van der Waals surface area contributed by atoms with Crippen LogP contribution in [0.15, 0.2) is 12.3 Å². The average Bonchev–Trinajstić information content (AvgIpc) is 2.43. The maximum atomic E-state index is 12.3. The molecular formula is C12H16F2N4O3. The van der Waals surface area contributed by atoms with Gasteiger partial charge in [-0.15, -0.1) is 0 Å². The topological polar surface area (TPSA) is 88.4 Å². The highest BCUT2D eigenvalue weighted by atomic mass is 19.3. The summed E-state index contributed by atoms with van der Waals surface area (Å²) >= 11 is 0. The summed E-state index contributed by atoms with van der Waals surface area (Å²) in [7, 11) is 1.21. The van der Waals surface area contributed by atoms with Crippen LogP contribution in [0.3, 0.4) is 0 Å². The number of pyridine rings is 1. The Kier molecular flexibility index (Phi) is 5.94. The fraction of sp³-hybridized carbons (Fsp3) is 0.500. The number of nitrogens with one attached hydrogen (secondary N) is 1. The number of hydrogen-bond acceptors (Lipinski definition) is 5. The standard InChI is InChI=1S/C12H16F2N4O3/c1-3-4-15-11-9(5-8(6-16-11)18(20)21)12(19)17(2)7-10(13)14/h5-6,10H,3-4,7H2,1-2H3,(H,15,16). The molecule has 116 valence electrons. The first-order chi connectivity index (χ1) is 9.86. The molecule has 0 atom stereocenters. The molecule has 0 fully saturated rings. The van der Waals surface area contributed by atoms with Crippen LogP contribution >= 0.6 is 0 Å². The highest BCUT2D eigenvalue weighted by Gasteiger charge is 2.22. The molecule has 1 heterocycles. The van der Waals surface area contributed by atoms with Gasteiger partial charge < -0.3 is 10.2 Å². The first-order valence-corrected chi connectivity index (χ1v) is 6.28. The van der Waals surface area contributed by atoms with Crippen molar-refractivity contribution in [3.05, 3.63) is 27.9 Å². The van der Waals surface area contributed by atoms with Gasteiger partial charge in [0.05, 0.1) is 17.0 Å². The number of aromatic nitrogens is 1. The van der Waals surface area contributed by atoms with Crippen LogP contribution in [0.25, 0.3) is 0 Å². The van der Waals surface area contributed by atoms with Crippen LogP contribution < -0.4 is 5.32 Å². The summed E-state index contributed by atoms with van der Waals surface area (Å²) in [5, 5.41) is 13.6. The van der Waals surface area contributed by atoms with Gasteiger partial charge in [-0.3, -0.25) is 14.9 Å². The summed E-state index contributed by atoms with van der Waals surface area (Å²) in [5.41, 5.74) is -0.466. The Morgan fingerprint density at radius 1 is 1.57 bits per heavy atom. The quantitative estimate of drug-likeness (QED) is 0.616. The fourth-order valence-electron chi connectivity index (χ4n) is 1.60. The first kappa shape index (κ1) is 16.7. The van der Waals surface area contributed by atoms with Gasteiger partial charge in [-0.25, -0.2) is 13.8 Å². The van der Waals surface area contributed by atoms with Gasteiger partial charge >= 0.3 is 0 Å². The zero-order valence-corrected chi connectivity index (χ0v) is 11.7. The van der Waals surface area contributed by atoms with Gasteiger partial charge in [-0.1, -0.05) is 6.92 Å². The Balaban J connectivity index is 3.12. The predicted octanol–water partition coefficient (Wildman–Crippen LogP) is 2.15. The van der Waals surface area contributed by atoms with Crippen molar-refractivity contribution in [1.82, 2.24) is 9.88 Å². The first-order valence-electron chi connectivity index (χ1n) is 6.28. The third kappa shape index (κ3) is 4.62. The molecule has 1 N–H and O–H groups in total. The summed E-state index contributed by atoms with van der Waals surface area (Å²) in [4.78, 5) is 26.8. The van der Waals surface area contributed by atoms with Crippen molar-refractivity contribution in [1.29, 1.82) is 0 Å². The molecule has 0 saturated heterocycles. The number of nitro groups is 1. The summed E-state index contributed by atoms with van der Waals surface area (Å²) in [6, 6.07) is 1.04. The number of rotatable bonds is 7. The number of hydrogen-bond donors (Lipinski definition) is 1. The Bertz CT molecular complexity index is 525. The van der Waals surface area contributed by atoms with Gasteiger partial charge in [0.2, 0.25) is 0 Å². The zero-order chi connectivity index (χ0) is 16.0. The molecular weight excluding hydrogens is 286 g/mol. The summed E-state index contributed by atoms with van der Waals surface area (Å²) in [6.07, 6.45) is -0.918. The maximum absolute atomic E-state index is 12.3. The number of anilines is 1. The molecule has 1 aromatic rings. The molecule has 0 spiro atoms. The van der Waals surface area contributed by atoms with E-state index < -0.39 is 23.8 Å². The van der Waals surface area contributed by atoms with Gasteiger partial charge in [-0.2, -0.15) is 0 Å². The summed E-state index contributed by atoms with van der Waals surface area (Å²) in [6.45, 7) is 1.64. The molecule has 0 aromatic carbocycles. The van der Waals surface area contributed by atoms with Crippen LogP contribution in [-0.2, 0) is 0 Å². The molecule has 1 amide bonds. The van der Waals surface area contributed by atoms with Crippen molar-refractivity contribution in [2.75, 3.05) is 25.5 Å². The largest absolute Gasteiger partial charge is 0.369 e. The Morgan fingerprint density at radius 2 is 2.24 bits per heavy atom. The predicted molar refractivity (Wildman–Crippen MR) is 72.6 cm³/mol. The molecule has 0 saturated carbocycles. The van der Waals surface area contributed by atoms with Crippen molar-refractivity contribution < 1.29 is 18.5 Å². The lowest BCUT2D eigenvalue weighted by Gasteiger charge is -2.18. The highest BCUT2D eigenvalue weighted by molar-refractivity contribution is 5.99. The molecule has 0 aliphatic carbocycles. The number of carbonyl (C=O) groups excluding carboxylic acids is 1. The van der Waals surface area contributed by atoms with Crippen LogP contribution in [0.2, 0.25) is 0 Å². The van der Waals surface area contributed by atoms with Crippen LogP contribution in [0.4, 0.5) is 20.3 Å². The van der Waals surface area contributed by atoms with E-state index in [4.69, 9.17) is 0 Å². The monoisotopic (exact) mass is 302 g/mol. The van der Waals surface area contributed by atoms with E-state index in [-0.39, 0.29) is 17.1 Å². The van der Waals surface area contributed by atoms with E-state index in [0.717, 1.165) is 23.6 Å². The third-order valence-electron chi connectivity index (χ3n) is 2.62. The molecule has 7 nitrogen and oxygen atoms in total. The van der Waals surface area contributed by atoms with Crippen molar-refractivity contribution in [3.8, 4) is 0 Å². The maximum Gasteiger partial charge on any atom is 0.288 e. The Labute approximate surface area is 120 Å². The molecule has 0 aliphatic heterocycles. The Hall–Kier alpha value is -2.32. The summed E-state index contributed by atoms with van der Waals surface area (Å²) < 4.78 is 24.7. The van der Waals surface area contributed by atoms with E-state index in [9.17, 15) is 23.7 Å². The second-order valence-electron chi connectivity index (χ2n) is 4.35. The van der Waals surface area contributed by atoms with Crippen molar-refractivity contribution in [3.63, 3.8) is 0 Å². The fourth-order valence-corrected chi connectivity index (χ4v) is 1.60. The molecule has 1 rings (SSSR count). The number of amides is 1.